The molecule has 0 aliphatic heterocycles. The number of rotatable bonds is 2. The van der Waals surface area contributed by atoms with Crippen LogP contribution in [-0.2, 0) is 17.1 Å². The topological polar surface area (TPSA) is 0 Å². The summed E-state index contributed by atoms with van der Waals surface area (Å²) in [6, 6.07) is 10.8. The molecule has 0 fully saturated rings. The molecule has 11 heteroatoms. The largest absolute Gasteiger partial charge is 0.250 e. The summed E-state index contributed by atoms with van der Waals surface area (Å²) in [4.78, 5) is 0. The second-order valence-corrected chi connectivity index (χ2v) is 6.24. The van der Waals surface area contributed by atoms with Crippen molar-refractivity contribution in [1.29, 1.82) is 0 Å². The van der Waals surface area contributed by atoms with Gasteiger partial charge in [0, 0.05) is 17.1 Å². The first kappa shape index (κ1) is 26.2. The van der Waals surface area contributed by atoms with Crippen LogP contribution in [-0.4, -0.2) is 0 Å². The van der Waals surface area contributed by atoms with Crippen LogP contribution in [0.2, 0.25) is 0 Å². The molecule has 0 amide bonds. The Hall–Kier alpha value is -3.04. The summed E-state index contributed by atoms with van der Waals surface area (Å²) in [5, 5.41) is 0. The Morgan fingerprint density at radius 1 is 0.515 bits per heavy atom. The maximum Gasteiger partial charge on any atom is 0.198 e. The first-order valence-corrected chi connectivity index (χ1v) is 8.54. The third kappa shape index (κ3) is 4.69. The Kier molecular flexibility index (Phi) is 8.15. The third-order valence-electron chi connectivity index (χ3n) is 4.32. The van der Waals surface area contributed by atoms with E-state index in [1.54, 1.807) is 0 Å². The quantitative estimate of drug-likeness (QED) is 0.0847. The molecule has 0 heterocycles. The maximum atomic E-state index is 13.2. The molecule has 0 N–H and O–H groups in total. The van der Waals surface area contributed by atoms with Crippen LogP contribution in [0.3, 0.4) is 0 Å². The van der Waals surface area contributed by atoms with Crippen LogP contribution in [0.25, 0.3) is 22.3 Å². The molecule has 0 aliphatic rings. The van der Waals surface area contributed by atoms with Crippen LogP contribution in [0.1, 0.15) is 0 Å². The van der Waals surface area contributed by atoms with Gasteiger partial charge in [0.2, 0.25) is 0 Å². The minimum atomic E-state index is -2.15. The molecule has 0 radical (unpaired) electrons. The van der Waals surface area contributed by atoms with Crippen molar-refractivity contribution in [3.05, 3.63) is 107 Å². The van der Waals surface area contributed by atoms with E-state index in [2.05, 4.69) is 0 Å². The normalized spacial score (nSPS) is 10.5. The van der Waals surface area contributed by atoms with E-state index in [1.165, 1.54) is 48.5 Å². The van der Waals surface area contributed by atoms with E-state index >= 15 is 0 Å². The molecule has 4 aromatic rings. The minimum absolute atomic E-state index is 0. The van der Waals surface area contributed by atoms with Crippen molar-refractivity contribution in [2.45, 2.75) is 0 Å². The van der Waals surface area contributed by atoms with Crippen molar-refractivity contribution in [2.75, 3.05) is 0 Å². The van der Waals surface area contributed by atoms with Gasteiger partial charge in [-0.25, -0.2) is 43.9 Å². The summed E-state index contributed by atoms with van der Waals surface area (Å²) in [6.07, 6.45) is 0. The zero-order chi connectivity index (χ0) is 23.7. The fourth-order valence-corrected chi connectivity index (χ4v) is 2.80. The van der Waals surface area contributed by atoms with Gasteiger partial charge in [0.15, 0.2) is 34.9 Å². The van der Waals surface area contributed by atoms with E-state index in [0.29, 0.717) is 0 Å². The summed E-state index contributed by atoms with van der Waals surface area (Å²) in [6.45, 7) is 0. The Bertz CT molecular complexity index is 1100. The van der Waals surface area contributed by atoms with Crippen molar-refractivity contribution >= 4 is 0 Å². The van der Waals surface area contributed by atoms with Gasteiger partial charge in [-0.3, -0.25) is 0 Å². The van der Waals surface area contributed by atoms with E-state index in [9.17, 15) is 43.9 Å². The summed E-state index contributed by atoms with van der Waals surface area (Å²) in [5.74, 6) is -19.3. The van der Waals surface area contributed by atoms with Gasteiger partial charge in [-0.1, -0.05) is 5.56 Å². The summed E-state index contributed by atoms with van der Waals surface area (Å²) < 4.78 is 130. The second kappa shape index (κ2) is 10.3. The van der Waals surface area contributed by atoms with Crippen LogP contribution in [0, 0.1) is 58.2 Å². The molecule has 0 atom stereocenters. The summed E-state index contributed by atoms with van der Waals surface area (Å²) >= 11 is 0. The third-order valence-corrected chi connectivity index (χ3v) is 4.32. The van der Waals surface area contributed by atoms with Crippen molar-refractivity contribution < 1.29 is 61.0 Å². The van der Waals surface area contributed by atoms with E-state index in [-0.39, 0.29) is 28.2 Å². The SMILES string of the molecule is Fc1c(F)c(F)c(-[c-]2cccc2)c(F)c1F.Fc1c(F)c(F)c(-c2ccc[cH-]2)c(F)c1F.[Fe]. The molecule has 0 saturated carbocycles. The van der Waals surface area contributed by atoms with Crippen LogP contribution in [0.4, 0.5) is 43.9 Å². The van der Waals surface area contributed by atoms with Gasteiger partial charge in [-0.15, -0.1) is 23.8 Å². The molecule has 4 aromatic carbocycles. The first-order valence-electron chi connectivity index (χ1n) is 8.54. The van der Waals surface area contributed by atoms with Crippen molar-refractivity contribution in [2.24, 2.45) is 0 Å². The van der Waals surface area contributed by atoms with Crippen molar-refractivity contribution in [1.82, 2.24) is 0 Å². The average Bonchev–Trinajstić information content (AvgIpc) is 3.49. The number of hydrogen-bond donors (Lipinski definition) is 0. The van der Waals surface area contributed by atoms with Crippen LogP contribution in [0.5, 0.6) is 0 Å². The molecular weight excluding hydrogens is 510 g/mol. The molecule has 0 unspecified atom stereocenters. The van der Waals surface area contributed by atoms with Crippen molar-refractivity contribution in [3.63, 3.8) is 0 Å². The molecule has 0 aliphatic carbocycles. The standard InChI is InChI=1S/2C11H4F5.Fe/c2*12-7-6(5-3-1-2-4-5)8(13)10(15)11(16)9(7)14;/h2*1-4H;/q2*-1;. The fourth-order valence-electron chi connectivity index (χ4n) is 2.80. The zero-order valence-electron chi connectivity index (χ0n) is 15.8. The predicted octanol–water partition coefficient (Wildman–Crippen LogP) is 7.53. The average molecular weight is 518 g/mol. The molecule has 33 heavy (non-hydrogen) atoms. The fraction of sp³-hybridized carbons (Fsp3) is 0. The molecule has 0 nitrogen and oxygen atoms in total. The van der Waals surface area contributed by atoms with E-state index in [4.69, 9.17) is 0 Å². The van der Waals surface area contributed by atoms with Gasteiger partial charge < -0.3 is 0 Å². The van der Waals surface area contributed by atoms with E-state index in [1.807, 2.05) is 0 Å². The Balaban J connectivity index is 0.000000227. The monoisotopic (exact) mass is 518 g/mol. The van der Waals surface area contributed by atoms with Crippen LogP contribution < -0.4 is 0 Å². The predicted molar refractivity (Wildman–Crippen MR) is 94.5 cm³/mol. The number of hydrogen-bond acceptors (Lipinski definition) is 0. The van der Waals surface area contributed by atoms with Gasteiger partial charge in [-0.05, 0) is 11.1 Å². The van der Waals surface area contributed by atoms with Gasteiger partial charge in [0.1, 0.15) is 23.3 Å². The Morgan fingerprint density at radius 3 is 1.30 bits per heavy atom. The zero-order valence-corrected chi connectivity index (χ0v) is 16.9. The molecule has 0 spiro atoms. The van der Waals surface area contributed by atoms with Gasteiger partial charge in [0.05, 0.1) is 0 Å². The molecule has 176 valence electrons. The Morgan fingerprint density at radius 2 is 0.909 bits per heavy atom. The second-order valence-electron chi connectivity index (χ2n) is 6.24. The Labute approximate surface area is 190 Å². The molecule has 0 bridgehead atoms. The van der Waals surface area contributed by atoms with E-state index in [0.717, 1.165) is 0 Å². The van der Waals surface area contributed by atoms with Crippen molar-refractivity contribution in [3.8, 4) is 22.3 Å². The summed E-state index contributed by atoms with van der Waals surface area (Å²) in [5.41, 5.74) is -1.90. The molecule has 4 rings (SSSR count). The molecule has 0 aromatic heterocycles. The number of halogens is 10. The van der Waals surface area contributed by atoms with Crippen LogP contribution in [0.15, 0.2) is 48.5 Å². The number of benzene rings is 2. The maximum absolute atomic E-state index is 13.2. The summed E-state index contributed by atoms with van der Waals surface area (Å²) in [7, 11) is 0. The smallest absolute Gasteiger partial charge is 0.198 e. The van der Waals surface area contributed by atoms with E-state index < -0.39 is 69.3 Å². The molecular formula is C22H8F10Fe-2. The first-order chi connectivity index (χ1) is 15.1. The minimum Gasteiger partial charge on any atom is -0.250 e. The molecule has 0 saturated heterocycles. The van der Waals surface area contributed by atoms with Gasteiger partial charge in [0.25, 0.3) is 0 Å². The van der Waals surface area contributed by atoms with Crippen LogP contribution >= 0.6 is 0 Å². The van der Waals surface area contributed by atoms with Gasteiger partial charge in [-0.2, -0.15) is 30.3 Å². The van der Waals surface area contributed by atoms with Gasteiger partial charge >= 0.3 is 0 Å².